The number of nitrogens with zero attached hydrogens (tertiary/aromatic N) is 2. The molecule has 40 heavy (non-hydrogen) atoms. The summed E-state index contributed by atoms with van der Waals surface area (Å²) >= 11 is 0. The van der Waals surface area contributed by atoms with Crippen LogP contribution in [0.15, 0.2) is 78.5 Å². The average molecular weight is 553 g/mol. The molecule has 0 radical (unpaired) electrons. The van der Waals surface area contributed by atoms with Crippen molar-refractivity contribution in [3.63, 3.8) is 0 Å². The van der Waals surface area contributed by atoms with E-state index in [4.69, 9.17) is 0 Å². The van der Waals surface area contributed by atoms with Crippen molar-refractivity contribution < 1.29 is 9.36 Å². The van der Waals surface area contributed by atoms with Crippen LogP contribution in [0.3, 0.4) is 0 Å². The number of aromatic nitrogens is 2. The van der Waals surface area contributed by atoms with Gasteiger partial charge in [-0.15, -0.1) is 5.10 Å². The molecule has 0 amide bonds. The van der Waals surface area contributed by atoms with Crippen molar-refractivity contribution in [2.45, 2.75) is 64.2 Å². The van der Waals surface area contributed by atoms with Crippen molar-refractivity contribution in [2.24, 2.45) is 23.2 Å². The Morgan fingerprint density at radius 1 is 0.850 bits per heavy atom. The Kier molecular flexibility index (Phi) is 6.05. The summed E-state index contributed by atoms with van der Waals surface area (Å²) in [6, 6.07) is 19.4. The van der Waals surface area contributed by atoms with Crippen LogP contribution in [0.1, 0.15) is 63.5 Å². The van der Waals surface area contributed by atoms with Crippen LogP contribution in [-0.4, -0.2) is 16.0 Å². The van der Waals surface area contributed by atoms with Crippen molar-refractivity contribution in [2.75, 3.05) is 10.2 Å². The number of anilines is 2. The van der Waals surface area contributed by atoms with Gasteiger partial charge in [-0.3, -0.25) is 9.36 Å². The Balaban J connectivity index is 1.30. The molecule has 0 saturated heterocycles. The lowest BCUT2D eigenvalue weighted by Crippen LogP contribution is -2.51. The number of rotatable bonds is 5. The first-order chi connectivity index (χ1) is 19.3. The molecule has 1 aromatic heterocycles. The molecular formula is C33H37N4O2P. The molecule has 5 atom stereocenters. The van der Waals surface area contributed by atoms with Gasteiger partial charge in [-0.25, -0.2) is 0 Å². The second kappa shape index (κ2) is 9.41. The topological polar surface area (TPSA) is 84.0 Å². The molecule has 4 aliphatic carbocycles. The van der Waals surface area contributed by atoms with Gasteiger partial charge in [0.15, 0.2) is 11.2 Å². The lowest BCUT2D eigenvalue weighted by atomic mass is 9.47. The highest BCUT2D eigenvalue weighted by Crippen LogP contribution is 2.65. The molecule has 1 heterocycles. The number of carbonyl (C=O) groups excluding carboxylic acids is 1. The maximum Gasteiger partial charge on any atom is 0.307 e. The minimum Gasteiger partial charge on any atom is -0.316 e. The summed E-state index contributed by atoms with van der Waals surface area (Å²) in [5.74, 6) is 1.89. The van der Waals surface area contributed by atoms with Gasteiger partial charge in [-0.2, -0.15) is 5.10 Å². The third-order valence-electron chi connectivity index (χ3n) is 10.7. The fourth-order valence-corrected chi connectivity index (χ4v) is 10.9. The SMILES string of the molecule is C[C@]12CCC(=O)C=C1CC[C@@H]1[C@@H]2CC[C@]2(C)c3c(cnnc3P(=O)(Nc3ccccc3)Nc3ccccc3)C[C@@H]12. The Morgan fingerprint density at radius 2 is 1.52 bits per heavy atom. The van der Waals surface area contributed by atoms with E-state index in [0.717, 1.165) is 55.5 Å². The molecule has 2 fully saturated rings. The van der Waals surface area contributed by atoms with Gasteiger partial charge in [0.1, 0.15) is 0 Å². The van der Waals surface area contributed by atoms with Crippen molar-refractivity contribution in [3.8, 4) is 0 Å². The molecule has 6 nitrogen and oxygen atoms in total. The van der Waals surface area contributed by atoms with Crippen molar-refractivity contribution in [1.82, 2.24) is 10.2 Å². The van der Waals surface area contributed by atoms with Crippen LogP contribution in [0.5, 0.6) is 0 Å². The molecule has 0 aliphatic heterocycles. The molecular weight excluding hydrogens is 515 g/mol. The van der Waals surface area contributed by atoms with E-state index >= 15 is 4.57 Å². The van der Waals surface area contributed by atoms with E-state index in [-0.39, 0.29) is 10.8 Å². The predicted molar refractivity (Wildman–Crippen MR) is 160 cm³/mol. The Morgan fingerprint density at radius 3 is 2.20 bits per heavy atom. The average Bonchev–Trinajstić information content (AvgIpc) is 3.27. The number of para-hydroxylation sites is 2. The summed E-state index contributed by atoms with van der Waals surface area (Å²) in [5, 5.41) is 15.8. The van der Waals surface area contributed by atoms with Gasteiger partial charge < -0.3 is 10.2 Å². The van der Waals surface area contributed by atoms with E-state index < -0.39 is 7.44 Å². The minimum atomic E-state index is -3.46. The summed E-state index contributed by atoms with van der Waals surface area (Å²) in [7, 11) is -3.46. The molecule has 2 saturated carbocycles. The molecule has 4 aliphatic rings. The number of benzene rings is 2. The first-order valence-corrected chi connectivity index (χ1v) is 16.4. The van der Waals surface area contributed by atoms with Gasteiger partial charge in [-0.1, -0.05) is 55.8 Å². The summed E-state index contributed by atoms with van der Waals surface area (Å²) < 4.78 is 15.1. The third kappa shape index (κ3) is 3.98. The Labute approximate surface area is 236 Å². The fraction of sp³-hybridized carbons (Fsp3) is 0.424. The smallest absolute Gasteiger partial charge is 0.307 e. The number of hydrogen-bond donors (Lipinski definition) is 2. The number of nitrogens with one attached hydrogen (secondary N) is 2. The molecule has 206 valence electrons. The van der Waals surface area contributed by atoms with E-state index in [0.29, 0.717) is 35.4 Å². The highest BCUT2D eigenvalue weighted by molar-refractivity contribution is 7.74. The van der Waals surface area contributed by atoms with Gasteiger partial charge in [0.05, 0.1) is 6.20 Å². The zero-order chi connectivity index (χ0) is 27.5. The van der Waals surface area contributed by atoms with Crippen LogP contribution < -0.4 is 15.6 Å². The number of carbonyl (C=O) groups is 1. The third-order valence-corrected chi connectivity index (χ3v) is 12.7. The van der Waals surface area contributed by atoms with E-state index in [1.54, 1.807) is 0 Å². The molecule has 7 heteroatoms. The van der Waals surface area contributed by atoms with E-state index in [1.165, 1.54) is 11.1 Å². The summed E-state index contributed by atoms with van der Waals surface area (Å²) in [6.07, 6.45) is 10.8. The first-order valence-electron chi connectivity index (χ1n) is 14.7. The molecule has 0 bridgehead atoms. The van der Waals surface area contributed by atoms with Gasteiger partial charge >= 0.3 is 7.44 Å². The lowest BCUT2D eigenvalue weighted by molar-refractivity contribution is -0.117. The van der Waals surface area contributed by atoms with Gasteiger partial charge in [0.25, 0.3) is 0 Å². The summed E-state index contributed by atoms with van der Waals surface area (Å²) in [5.41, 5.74) is 5.82. The first kappa shape index (κ1) is 25.7. The molecule has 7 rings (SSSR count). The number of allylic oxidation sites excluding steroid dienone is 2. The van der Waals surface area contributed by atoms with Crippen LogP contribution in [0.4, 0.5) is 11.4 Å². The van der Waals surface area contributed by atoms with E-state index in [1.807, 2.05) is 72.9 Å². The van der Waals surface area contributed by atoms with Crippen molar-refractivity contribution in [1.29, 1.82) is 0 Å². The van der Waals surface area contributed by atoms with Gasteiger partial charge in [0.2, 0.25) is 0 Å². The Bertz CT molecular complexity index is 1500. The van der Waals surface area contributed by atoms with Crippen LogP contribution in [-0.2, 0) is 21.2 Å². The second-order valence-corrected chi connectivity index (χ2v) is 14.9. The normalized spacial score (nSPS) is 30.8. The van der Waals surface area contributed by atoms with Crippen molar-refractivity contribution >= 4 is 30.0 Å². The lowest BCUT2D eigenvalue weighted by Gasteiger charge is -2.57. The highest BCUT2D eigenvalue weighted by Gasteiger charge is 2.59. The van der Waals surface area contributed by atoms with Crippen LogP contribution in [0, 0.1) is 23.2 Å². The minimum absolute atomic E-state index is 0.116. The van der Waals surface area contributed by atoms with Crippen LogP contribution in [0.2, 0.25) is 0 Å². The molecule has 3 aromatic rings. The number of hydrogen-bond acceptors (Lipinski definition) is 4. The zero-order valence-electron chi connectivity index (χ0n) is 23.3. The maximum atomic E-state index is 15.1. The quantitative estimate of drug-likeness (QED) is 0.330. The monoisotopic (exact) mass is 552 g/mol. The van der Waals surface area contributed by atoms with Crippen LogP contribution >= 0.6 is 7.44 Å². The molecule has 2 aromatic carbocycles. The van der Waals surface area contributed by atoms with E-state index in [2.05, 4.69) is 34.2 Å². The highest BCUT2D eigenvalue weighted by atomic mass is 31.2. The number of ketones is 1. The Hall–Kier alpha value is -3.24. The van der Waals surface area contributed by atoms with Crippen LogP contribution in [0.25, 0.3) is 0 Å². The second-order valence-electron chi connectivity index (χ2n) is 12.8. The van der Waals surface area contributed by atoms with Gasteiger partial charge in [0, 0.05) is 17.8 Å². The molecule has 0 spiro atoms. The zero-order valence-corrected chi connectivity index (χ0v) is 24.2. The summed E-state index contributed by atoms with van der Waals surface area (Å²) in [4.78, 5) is 12.3. The fourth-order valence-electron chi connectivity index (χ4n) is 8.73. The molecule has 2 N–H and O–H groups in total. The number of fused-ring (bicyclic) bond motifs is 7. The van der Waals surface area contributed by atoms with Gasteiger partial charge in [-0.05, 0) is 109 Å². The summed E-state index contributed by atoms with van der Waals surface area (Å²) in [6.45, 7) is 4.81. The van der Waals surface area contributed by atoms with E-state index in [9.17, 15) is 4.79 Å². The largest absolute Gasteiger partial charge is 0.316 e. The van der Waals surface area contributed by atoms with Crippen molar-refractivity contribution in [3.05, 3.63) is 89.6 Å². The maximum absolute atomic E-state index is 15.1. The molecule has 0 unspecified atom stereocenters. The standard InChI is InChI=1S/C33H37N4O2P/c1-32-17-15-26(38)20-23(32)13-14-27-28(32)16-18-33(2)29(27)19-22-21-34-35-31(30(22)33)40(39,36-24-9-5-3-6-10-24)37-25-11-7-4-8-12-25/h3-12,20-21,27-29H,13-19H2,1-2H3,(H2,36,37,39)/t27-,28+,29+,32+,33+/m1/s1. The predicted octanol–water partition coefficient (Wildman–Crippen LogP) is 7.06.